The van der Waals surface area contributed by atoms with Crippen LogP contribution < -0.4 is 10.8 Å². The van der Waals surface area contributed by atoms with Crippen molar-refractivity contribution in [2.45, 2.75) is 91.9 Å². The minimum absolute atomic E-state index is 0.902. The molecule has 25 heteroatoms. The van der Waals surface area contributed by atoms with Crippen molar-refractivity contribution in [2.75, 3.05) is 19.8 Å². The van der Waals surface area contributed by atoms with E-state index in [0.29, 0.717) is 0 Å². The first-order valence-corrected chi connectivity index (χ1v) is 15.1. The quantitative estimate of drug-likeness (QED) is 0.0696. The van der Waals surface area contributed by atoms with Crippen LogP contribution in [0.5, 0.6) is 0 Å². The summed E-state index contributed by atoms with van der Waals surface area (Å²) in [5.41, 5.74) is 5.74. The third-order valence-electron chi connectivity index (χ3n) is 6.83. The number of aliphatic carboxylic acids is 1. The Hall–Kier alpha value is -1.31. The van der Waals surface area contributed by atoms with E-state index in [1.165, 1.54) is 0 Å². The molecule has 0 aliphatic carbocycles. The zero-order valence-corrected chi connectivity index (χ0v) is 23.6. The molecule has 3 heterocycles. The van der Waals surface area contributed by atoms with Crippen molar-refractivity contribution in [1.82, 2.24) is 0 Å². The Bertz CT molecular complexity index is 1190. The van der Waals surface area contributed by atoms with Gasteiger partial charge in [0.05, 0.1) is 31.8 Å². The Kier molecular flexibility index (Phi) is 12.4. The average molecular weight is 689 g/mol. The lowest BCUT2D eigenvalue weighted by Crippen LogP contribution is -2.68. The van der Waals surface area contributed by atoms with E-state index in [-0.39, 0.29) is 0 Å². The molecule has 0 bridgehead atoms. The Morgan fingerprint density at radius 2 is 1.39 bits per heavy atom. The molecule has 0 saturated carbocycles. The van der Waals surface area contributed by atoms with Crippen LogP contribution in [0.3, 0.4) is 0 Å². The van der Waals surface area contributed by atoms with Gasteiger partial charge in [-0.05, 0) is 0 Å². The van der Waals surface area contributed by atoms with Crippen LogP contribution in [0.15, 0.2) is 0 Å². The summed E-state index contributed by atoms with van der Waals surface area (Å²) in [6.07, 6.45) is -28.5. The SMILES string of the molecule is N[C@H]1[C@@H](O[C@H]2[C@H](O)[C@@H](OS(=O)(=O)[O-])[C@H](CO[C@H]3[C@H](O)[C@@H](O)[C@@H](O)O[C@@H]3CO)O[C@@H]2C(=O)[O-])O[C@H](COS(=O)(=O)[O-])[C@@H](O)[C@@H]1O. The number of carbonyl (C=O) groups excluding carboxylic acids is 1. The van der Waals surface area contributed by atoms with Gasteiger partial charge >= 0.3 is 0 Å². The topological polar surface area (TPSA) is 387 Å². The highest BCUT2D eigenvalue weighted by atomic mass is 32.3. The van der Waals surface area contributed by atoms with Crippen LogP contribution in [-0.4, -0.2) is 179 Å². The minimum Gasteiger partial charge on any atom is -0.726 e. The lowest BCUT2D eigenvalue weighted by atomic mass is 9.93. The highest BCUT2D eigenvalue weighted by Gasteiger charge is 2.53. The van der Waals surface area contributed by atoms with E-state index in [1.807, 2.05) is 0 Å². The fraction of sp³-hybridized carbons (Fsp3) is 0.947. The number of aliphatic hydroxyl groups excluding tert-OH is 7. The van der Waals surface area contributed by atoms with E-state index in [4.69, 9.17) is 29.4 Å². The van der Waals surface area contributed by atoms with Gasteiger partial charge in [0, 0.05) is 0 Å². The van der Waals surface area contributed by atoms with E-state index >= 15 is 0 Å². The summed E-state index contributed by atoms with van der Waals surface area (Å²) in [5.74, 6) is -2.14. The molecule has 258 valence electrons. The molecule has 9 N–H and O–H groups in total. The van der Waals surface area contributed by atoms with E-state index in [9.17, 15) is 71.6 Å². The predicted molar refractivity (Wildman–Crippen MR) is 123 cm³/mol. The van der Waals surface area contributed by atoms with Crippen molar-refractivity contribution in [2.24, 2.45) is 5.73 Å². The number of carbonyl (C=O) groups is 1. The molecule has 0 aromatic rings. The van der Waals surface area contributed by atoms with Crippen molar-refractivity contribution in [3.05, 3.63) is 0 Å². The normalized spacial score (nSPS) is 43.9. The number of hydrogen-bond acceptors (Lipinski definition) is 23. The second-order valence-electron chi connectivity index (χ2n) is 9.80. The lowest BCUT2D eigenvalue weighted by molar-refractivity contribution is -0.352. The van der Waals surface area contributed by atoms with Crippen LogP contribution in [0.2, 0.25) is 0 Å². The Balaban J connectivity index is 1.85. The van der Waals surface area contributed by atoms with Crippen LogP contribution in [0.4, 0.5) is 0 Å². The van der Waals surface area contributed by atoms with Gasteiger partial charge in [-0.1, -0.05) is 0 Å². The zero-order chi connectivity index (χ0) is 33.3. The molecule has 0 unspecified atom stereocenters. The molecule has 0 radical (unpaired) electrons. The summed E-state index contributed by atoms with van der Waals surface area (Å²) in [7, 11) is -11.0. The van der Waals surface area contributed by atoms with Crippen LogP contribution in [0, 0.1) is 0 Å². The molecule has 0 amide bonds. The summed E-state index contributed by atoms with van der Waals surface area (Å²) in [5, 5.41) is 82.4. The molecule has 0 aromatic carbocycles. The third kappa shape index (κ3) is 8.94. The van der Waals surface area contributed by atoms with Crippen molar-refractivity contribution in [1.29, 1.82) is 0 Å². The number of rotatable bonds is 12. The zero-order valence-electron chi connectivity index (χ0n) is 21.9. The molecule has 3 aliphatic heterocycles. The van der Waals surface area contributed by atoms with Gasteiger partial charge in [0.1, 0.15) is 73.2 Å². The smallest absolute Gasteiger partial charge is 0.218 e. The number of aliphatic hydroxyl groups is 7. The van der Waals surface area contributed by atoms with Crippen LogP contribution >= 0.6 is 0 Å². The first-order chi connectivity index (χ1) is 20.3. The maximum absolute atomic E-state index is 12.0. The van der Waals surface area contributed by atoms with Crippen LogP contribution in [-0.2, 0) is 57.6 Å². The number of hydrogen-bond donors (Lipinski definition) is 8. The molecular weight excluding hydrogens is 658 g/mol. The van der Waals surface area contributed by atoms with Crippen molar-refractivity contribution in [3.8, 4) is 0 Å². The monoisotopic (exact) mass is 688 g/mol. The Morgan fingerprint density at radius 3 is 1.93 bits per heavy atom. The average Bonchev–Trinajstić information content (AvgIpc) is 2.91. The van der Waals surface area contributed by atoms with Gasteiger partial charge in [0.15, 0.2) is 12.6 Å². The van der Waals surface area contributed by atoms with Gasteiger partial charge in [0.2, 0.25) is 20.8 Å². The Morgan fingerprint density at radius 1 is 0.750 bits per heavy atom. The molecule has 44 heavy (non-hydrogen) atoms. The van der Waals surface area contributed by atoms with E-state index in [0.717, 1.165) is 0 Å². The maximum atomic E-state index is 12.0. The minimum atomic E-state index is -5.71. The second kappa shape index (κ2) is 14.6. The van der Waals surface area contributed by atoms with Crippen molar-refractivity contribution in [3.63, 3.8) is 0 Å². The number of carboxylic acid groups (broad SMARTS) is 1. The number of nitrogens with two attached hydrogens (primary N) is 1. The molecule has 23 nitrogen and oxygen atoms in total. The molecule has 0 spiro atoms. The highest BCUT2D eigenvalue weighted by molar-refractivity contribution is 7.81. The van der Waals surface area contributed by atoms with Gasteiger partial charge < -0.3 is 84.2 Å². The first kappa shape index (κ1) is 37.2. The standard InChI is InChI=1S/C19H33NO22S2/c20-7-9(23)8(22)5(3-37-43(30,31)32)40-19(7)41-15-12(26)14(42-44(33,34)35)6(38-16(15)17(27)28)2-36-13-4(1-21)39-18(29)11(25)10(13)24/h4-16,18-19,21-26,29H,1-3,20H2,(H,27,28)(H,30,31,32)(H,33,34,35)/p-3/t4-,5-,6+,7-,8-,9-,10-,11-,12-,13-,14+,15+,16+,18+,19-/m1/s1. The molecule has 3 aliphatic rings. The molecule has 3 rings (SSSR count). The number of ether oxygens (including phenoxy) is 5. The first-order valence-electron chi connectivity index (χ1n) is 12.4. The molecule has 15 atom stereocenters. The van der Waals surface area contributed by atoms with Crippen LogP contribution in [0.25, 0.3) is 0 Å². The van der Waals surface area contributed by atoms with Gasteiger partial charge in [-0.15, -0.1) is 0 Å². The molecule has 0 aromatic heterocycles. The van der Waals surface area contributed by atoms with E-state index in [1.54, 1.807) is 0 Å². The summed E-state index contributed by atoms with van der Waals surface area (Å²) in [6, 6.07) is -1.78. The third-order valence-corrected chi connectivity index (χ3v) is 7.71. The number of carboxylic acids is 1. The molecular formula is C19H30NO22S2-3. The summed E-state index contributed by atoms with van der Waals surface area (Å²) in [6.45, 7) is -3.13. The van der Waals surface area contributed by atoms with Gasteiger partial charge in [-0.3, -0.25) is 8.37 Å². The summed E-state index contributed by atoms with van der Waals surface area (Å²) >= 11 is 0. The summed E-state index contributed by atoms with van der Waals surface area (Å²) in [4.78, 5) is 12.0. The van der Waals surface area contributed by atoms with Gasteiger partial charge in [-0.2, -0.15) is 0 Å². The second-order valence-corrected chi connectivity index (χ2v) is 11.9. The van der Waals surface area contributed by atoms with Gasteiger partial charge in [-0.25, -0.2) is 16.8 Å². The fourth-order valence-corrected chi connectivity index (χ4v) is 5.47. The highest BCUT2D eigenvalue weighted by Crippen LogP contribution is 2.32. The molecule has 3 saturated heterocycles. The van der Waals surface area contributed by atoms with Gasteiger partial charge in [0.25, 0.3) is 0 Å². The van der Waals surface area contributed by atoms with E-state index < -0.39 is 138 Å². The van der Waals surface area contributed by atoms with Crippen molar-refractivity contribution >= 4 is 26.8 Å². The molecule has 3 fully saturated rings. The largest absolute Gasteiger partial charge is 0.726 e. The van der Waals surface area contributed by atoms with Crippen molar-refractivity contribution < 1.29 is 104 Å². The van der Waals surface area contributed by atoms with E-state index in [2.05, 4.69) is 8.37 Å². The fourth-order valence-electron chi connectivity index (χ4n) is 4.66. The predicted octanol–water partition coefficient (Wildman–Crippen LogP) is -9.84. The van der Waals surface area contributed by atoms with Crippen LogP contribution in [0.1, 0.15) is 0 Å². The Labute approximate surface area is 248 Å². The maximum Gasteiger partial charge on any atom is 0.218 e. The lowest BCUT2D eigenvalue weighted by Gasteiger charge is -2.48. The summed E-state index contributed by atoms with van der Waals surface area (Å²) < 4.78 is 101.